The summed E-state index contributed by atoms with van der Waals surface area (Å²) in [7, 11) is 0. The number of nitrogens with one attached hydrogen (secondary N) is 2. The highest BCUT2D eigenvalue weighted by atomic mass is 32.1. The average molecular weight is 328 g/mol. The van der Waals surface area contributed by atoms with E-state index >= 15 is 0 Å². The quantitative estimate of drug-likeness (QED) is 0.622. The van der Waals surface area contributed by atoms with Gasteiger partial charge in [0.1, 0.15) is 5.75 Å². The van der Waals surface area contributed by atoms with Crippen LogP contribution in [-0.4, -0.2) is 17.6 Å². The van der Waals surface area contributed by atoms with Crippen LogP contribution in [0.3, 0.4) is 0 Å². The Labute approximate surface area is 141 Å². The molecule has 0 aliphatic carbocycles. The molecule has 2 rings (SSSR count). The first-order chi connectivity index (χ1) is 11.2. The summed E-state index contributed by atoms with van der Waals surface area (Å²) in [6.45, 7) is 2.68. The SMILES string of the molecule is CCCCOc1ccccc1C(=O)NC(=S)Nc1ccccc1. The van der Waals surface area contributed by atoms with Crippen LogP contribution in [0.25, 0.3) is 0 Å². The molecule has 0 saturated carbocycles. The molecule has 0 atom stereocenters. The fraction of sp³-hybridized carbons (Fsp3) is 0.222. The Morgan fingerprint density at radius 2 is 1.78 bits per heavy atom. The summed E-state index contributed by atoms with van der Waals surface area (Å²) in [4.78, 5) is 12.4. The minimum absolute atomic E-state index is 0.254. The first-order valence-electron chi connectivity index (χ1n) is 7.60. The molecule has 23 heavy (non-hydrogen) atoms. The number of unbranched alkanes of at least 4 members (excludes halogenated alkanes) is 1. The molecule has 0 radical (unpaired) electrons. The third kappa shape index (κ3) is 5.38. The Balaban J connectivity index is 1.98. The standard InChI is InChI=1S/C18H20N2O2S/c1-2-3-13-22-16-12-8-7-11-15(16)17(21)20-18(23)19-14-9-5-4-6-10-14/h4-12H,2-3,13H2,1H3,(H2,19,20,21,23). The van der Waals surface area contributed by atoms with Crippen molar-refractivity contribution in [2.75, 3.05) is 11.9 Å². The van der Waals surface area contributed by atoms with Gasteiger partial charge >= 0.3 is 0 Å². The fourth-order valence-corrected chi connectivity index (χ4v) is 2.17. The van der Waals surface area contributed by atoms with E-state index in [1.807, 2.05) is 36.4 Å². The predicted octanol–water partition coefficient (Wildman–Crippen LogP) is 3.99. The molecule has 2 N–H and O–H groups in total. The van der Waals surface area contributed by atoms with Crippen molar-refractivity contribution < 1.29 is 9.53 Å². The van der Waals surface area contributed by atoms with E-state index in [-0.39, 0.29) is 11.0 Å². The van der Waals surface area contributed by atoms with Crippen molar-refractivity contribution >= 4 is 28.9 Å². The number of amides is 1. The van der Waals surface area contributed by atoms with E-state index in [9.17, 15) is 4.79 Å². The van der Waals surface area contributed by atoms with E-state index in [4.69, 9.17) is 17.0 Å². The molecular weight excluding hydrogens is 308 g/mol. The number of hydrogen-bond donors (Lipinski definition) is 2. The van der Waals surface area contributed by atoms with Crippen LogP contribution in [0, 0.1) is 0 Å². The van der Waals surface area contributed by atoms with E-state index in [2.05, 4.69) is 17.6 Å². The highest BCUT2D eigenvalue weighted by molar-refractivity contribution is 7.80. The maximum atomic E-state index is 12.4. The number of rotatable bonds is 6. The Bertz CT molecular complexity index is 659. The summed E-state index contributed by atoms with van der Waals surface area (Å²) in [6.07, 6.45) is 1.99. The average Bonchev–Trinajstić information content (AvgIpc) is 2.56. The first kappa shape index (κ1) is 17.0. The molecule has 0 aromatic heterocycles. The lowest BCUT2D eigenvalue weighted by molar-refractivity contribution is 0.0973. The summed E-state index contributed by atoms with van der Waals surface area (Å²) < 4.78 is 5.67. The molecule has 0 heterocycles. The first-order valence-corrected chi connectivity index (χ1v) is 8.00. The number of anilines is 1. The van der Waals surface area contributed by atoms with E-state index in [1.165, 1.54) is 0 Å². The van der Waals surface area contributed by atoms with Gasteiger partial charge in [-0.3, -0.25) is 10.1 Å². The molecule has 5 heteroatoms. The summed E-state index contributed by atoms with van der Waals surface area (Å²) in [6, 6.07) is 16.6. The second-order valence-electron chi connectivity index (χ2n) is 4.97. The van der Waals surface area contributed by atoms with Crippen LogP contribution in [0.4, 0.5) is 5.69 Å². The van der Waals surface area contributed by atoms with E-state index in [0.717, 1.165) is 18.5 Å². The Morgan fingerprint density at radius 1 is 1.09 bits per heavy atom. The Hall–Kier alpha value is -2.40. The van der Waals surface area contributed by atoms with Gasteiger partial charge in [-0.25, -0.2) is 0 Å². The third-order valence-corrected chi connectivity index (χ3v) is 3.35. The molecular formula is C18H20N2O2S. The van der Waals surface area contributed by atoms with Crippen molar-refractivity contribution in [2.24, 2.45) is 0 Å². The van der Waals surface area contributed by atoms with Gasteiger partial charge in [0.25, 0.3) is 5.91 Å². The zero-order valence-electron chi connectivity index (χ0n) is 13.0. The second-order valence-corrected chi connectivity index (χ2v) is 5.38. The summed E-state index contributed by atoms with van der Waals surface area (Å²) in [5, 5.41) is 5.90. The van der Waals surface area contributed by atoms with Crippen molar-refractivity contribution in [3.8, 4) is 5.75 Å². The Morgan fingerprint density at radius 3 is 2.52 bits per heavy atom. The third-order valence-electron chi connectivity index (χ3n) is 3.15. The van der Waals surface area contributed by atoms with Crippen LogP contribution in [-0.2, 0) is 0 Å². The maximum Gasteiger partial charge on any atom is 0.261 e. The van der Waals surface area contributed by atoms with Crippen LogP contribution in [0.5, 0.6) is 5.75 Å². The van der Waals surface area contributed by atoms with Crippen molar-refractivity contribution in [1.82, 2.24) is 5.32 Å². The van der Waals surface area contributed by atoms with Crippen LogP contribution in [0.15, 0.2) is 54.6 Å². The van der Waals surface area contributed by atoms with E-state index < -0.39 is 0 Å². The van der Waals surface area contributed by atoms with Crippen LogP contribution < -0.4 is 15.4 Å². The summed E-state index contributed by atoms with van der Waals surface area (Å²) >= 11 is 5.18. The molecule has 0 unspecified atom stereocenters. The molecule has 0 aliphatic heterocycles. The molecule has 120 valence electrons. The molecule has 0 spiro atoms. The van der Waals surface area contributed by atoms with E-state index in [1.54, 1.807) is 18.2 Å². The number of para-hydroxylation sites is 2. The number of ether oxygens (including phenoxy) is 1. The van der Waals surface area contributed by atoms with Gasteiger partial charge in [0.15, 0.2) is 5.11 Å². The highest BCUT2D eigenvalue weighted by Crippen LogP contribution is 2.18. The smallest absolute Gasteiger partial charge is 0.261 e. The van der Waals surface area contributed by atoms with Crippen LogP contribution in [0.2, 0.25) is 0 Å². The lowest BCUT2D eigenvalue weighted by atomic mass is 10.2. The van der Waals surface area contributed by atoms with Gasteiger partial charge in [0, 0.05) is 5.69 Å². The van der Waals surface area contributed by atoms with Gasteiger partial charge in [-0.1, -0.05) is 43.7 Å². The predicted molar refractivity (Wildman–Crippen MR) is 97.0 cm³/mol. The highest BCUT2D eigenvalue weighted by Gasteiger charge is 2.13. The van der Waals surface area contributed by atoms with Gasteiger partial charge in [0.2, 0.25) is 0 Å². The molecule has 0 aliphatic rings. The Kier molecular flexibility index (Phi) is 6.56. The fourth-order valence-electron chi connectivity index (χ4n) is 1.96. The number of carbonyl (C=O) groups is 1. The number of thiocarbonyl (C=S) groups is 1. The van der Waals surface area contributed by atoms with Gasteiger partial charge in [0.05, 0.1) is 12.2 Å². The lowest BCUT2D eigenvalue weighted by Gasteiger charge is -2.13. The van der Waals surface area contributed by atoms with Crippen molar-refractivity contribution in [3.63, 3.8) is 0 Å². The molecule has 0 fully saturated rings. The largest absolute Gasteiger partial charge is 0.493 e. The normalized spacial score (nSPS) is 9.96. The molecule has 0 saturated heterocycles. The summed E-state index contributed by atoms with van der Waals surface area (Å²) in [5.41, 5.74) is 1.30. The molecule has 1 amide bonds. The number of hydrogen-bond acceptors (Lipinski definition) is 3. The van der Waals surface area contributed by atoms with Crippen molar-refractivity contribution in [2.45, 2.75) is 19.8 Å². The monoisotopic (exact) mass is 328 g/mol. The van der Waals surface area contributed by atoms with Crippen molar-refractivity contribution in [1.29, 1.82) is 0 Å². The molecule has 2 aromatic carbocycles. The lowest BCUT2D eigenvalue weighted by Crippen LogP contribution is -2.34. The second kappa shape index (κ2) is 8.90. The zero-order chi connectivity index (χ0) is 16.5. The minimum atomic E-state index is -0.287. The van der Waals surface area contributed by atoms with Crippen LogP contribution >= 0.6 is 12.2 Å². The zero-order valence-corrected chi connectivity index (χ0v) is 13.9. The maximum absolute atomic E-state index is 12.4. The minimum Gasteiger partial charge on any atom is -0.493 e. The molecule has 0 bridgehead atoms. The van der Waals surface area contributed by atoms with Gasteiger partial charge in [-0.2, -0.15) is 0 Å². The number of benzene rings is 2. The van der Waals surface area contributed by atoms with Gasteiger partial charge < -0.3 is 10.1 Å². The van der Waals surface area contributed by atoms with Crippen LogP contribution in [0.1, 0.15) is 30.1 Å². The topological polar surface area (TPSA) is 50.4 Å². The van der Waals surface area contributed by atoms with Gasteiger partial charge in [-0.15, -0.1) is 0 Å². The number of carbonyl (C=O) groups excluding carboxylic acids is 1. The molecule has 4 nitrogen and oxygen atoms in total. The van der Waals surface area contributed by atoms with Crippen molar-refractivity contribution in [3.05, 3.63) is 60.2 Å². The van der Waals surface area contributed by atoms with E-state index in [0.29, 0.717) is 17.9 Å². The summed E-state index contributed by atoms with van der Waals surface area (Å²) in [5.74, 6) is 0.284. The molecule has 2 aromatic rings. The van der Waals surface area contributed by atoms with Gasteiger partial charge in [-0.05, 0) is 42.9 Å².